The van der Waals surface area contributed by atoms with Crippen LogP contribution in [0.25, 0.3) is 16.8 Å². The lowest BCUT2D eigenvalue weighted by atomic mass is 9.99. The van der Waals surface area contributed by atoms with Gasteiger partial charge in [0.15, 0.2) is 11.5 Å². The summed E-state index contributed by atoms with van der Waals surface area (Å²) in [4.78, 5) is 4.55. The zero-order valence-corrected chi connectivity index (χ0v) is 12.8. The van der Waals surface area contributed by atoms with E-state index in [1.54, 1.807) is 4.52 Å². The predicted octanol–water partition coefficient (Wildman–Crippen LogP) is 4.11. The molecule has 0 saturated heterocycles. The number of nitriles is 1. The second-order valence-electron chi connectivity index (χ2n) is 5.62. The molecule has 0 N–H and O–H groups in total. The molecule has 108 valence electrons. The van der Waals surface area contributed by atoms with Crippen molar-refractivity contribution < 1.29 is 0 Å². The quantitative estimate of drug-likeness (QED) is 0.669. The molecule has 0 amide bonds. The van der Waals surface area contributed by atoms with Crippen LogP contribution >= 0.6 is 11.6 Å². The summed E-state index contributed by atoms with van der Waals surface area (Å²) >= 11 is 6.60. The van der Waals surface area contributed by atoms with Crippen molar-refractivity contribution in [1.82, 2.24) is 14.6 Å². The molecule has 0 unspecified atom stereocenters. The van der Waals surface area contributed by atoms with Gasteiger partial charge >= 0.3 is 0 Å². The minimum absolute atomic E-state index is 0.419. The third kappa shape index (κ3) is 1.90. The van der Waals surface area contributed by atoms with Crippen molar-refractivity contribution in [1.29, 1.82) is 5.26 Å². The van der Waals surface area contributed by atoms with Crippen molar-refractivity contribution >= 4 is 17.2 Å². The van der Waals surface area contributed by atoms with Gasteiger partial charge in [-0.15, -0.1) is 5.10 Å². The number of rotatable bonds is 2. The Hall–Kier alpha value is -2.38. The highest BCUT2D eigenvalue weighted by molar-refractivity contribution is 6.32. The first-order chi connectivity index (χ1) is 10.7. The first kappa shape index (κ1) is 13.3. The third-order valence-electron chi connectivity index (χ3n) is 4.11. The Balaban J connectivity index is 2.07. The second kappa shape index (κ2) is 4.82. The predicted molar refractivity (Wildman–Crippen MR) is 84.9 cm³/mol. The number of fused-ring (bicyclic) bond motifs is 1. The van der Waals surface area contributed by atoms with Gasteiger partial charge in [-0.25, -0.2) is 9.50 Å². The molecule has 1 aliphatic carbocycles. The van der Waals surface area contributed by atoms with Crippen molar-refractivity contribution in [3.8, 4) is 17.2 Å². The molecule has 0 radical (unpaired) electrons. The van der Waals surface area contributed by atoms with E-state index < -0.39 is 0 Å². The molecule has 4 nitrogen and oxygen atoms in total. The fourth-order valence-electron chi connectivity index (χ4n) is 2.77. The summed E-state index contributed by atoms with van der Waals surface area (Å²) in [5.74, 6) is 1.21. The van der Waals surface area contributed by atoms with Crippen LogP contribution in [-0.4, -0.2) is 14.6 Å². The average molecular weight is 309 g/mol. The Kier molecular flexibility index (Phi) is 2.91. The monoisotopic (exact) mass is 308 g/mol. The van der Waals surface area contributed by atoms with Crippen LogP contribution in [0.2, 0.25) is 5.15 Å². The minimum atomic E-state index is 0.419. The molecule has 3 aromatic rings. The van der Waals surface area contributed by atoms with E-state index in [1.165, 1.54) is 0 Å². The number of benzene rings is 1. The molecule has 0 bridgehead atoms. The minimum Gasteiger partial charge on any atom is -0.210 e. The fraction of sp³-hybridized carbons (Fsp3) is 0.235. The smallest absolute Gasteiger partial charge is 0.175 e. The van der Waals surface area contributed by atoms with Crippen molar-refractivity contribution in [2.24, 2.45) is 0 Å². The van der Waals surface area contributed by atoms with E-state index in [9.17, 15) is 5.26 Å². The van der Waals surface area contributed by atoms with Crippen LogP contribution in [0, 0.1) is 18.3 Å². The first-order valence-electron chi connectivity index (χ1n) is 7.25. The molecule has 1 fully saturated rings. The van der Waals surface area contributed by atoms with Gasteiger partial charge in [0.1, 0.15) is 16.8 Å². The molecule has 1 aromatic carbocycles. The number of hydrogen-bond donors (Lipinski definition) is 0. The number of pyridine rings is 1. The van der Waals surface area contributed by atoms with Crippen molar-refractivity contribution in [3.05, 3.63) is 52.4 Å². The Bertz CT molecular complexity index is 917. The normalized spacial score (nSPS) is 14.2. The van der Waals surface area contributed by atoms with E-state index in [0.29, 0.717) is 22.3 Å². The van der Waals surface area contributed by atoms with Crippen LogP contribution in [0.5, 0.6) is 0 Å². The van der Waals surface area contributed by atoms with Crippen LogP contribution in [-0.2, 0) is 0 Å². The number of halogens is 1. The van der Waals surface area contributed by atoms with Gasteiger partial charge in [-0.2, -0.15) is 5.26 Å². The maximum atomic E-state index is 9.57. The van der Waals surface area contributed by atoms with Gasteiger partial charge in [-0.05, 0) is 30.9 Å². The summed E-state index contributed by atoms with van der Waals surface area (Å²) in [6.07, 6.45) is 2.22. The van der Waals surface area contributed by atoms with Gasteiger partial charge in [0.25, 0.3) is 0 Å². The van der Waals surface area contributed by atoms with Crippen LogP contribution in [0.1, 0.15) is 35.7 Å². The maximum Gasteiger partial charge on any atom is 0.175 e. The molecular formula is C17H13ClN4. The molecule has 0 atom stereocenters. The van der Waals surface area contributed by atoms with Crippen molar-refractivity contribution in [3.63, 3.8) is 0 Å². The van der Waals surface area contributed by atoms with Gasteiger partial charge < -0.3 is 0 Å². The highest BCUT2D eigenvalue weighted by Crippen LogP contribution is 2.40. The Morgan fingerprint density at radius 2 is 2.00 bits per heavy atom. The Morgan fingerprint density at radius 1 is 1.27 bits per heavy atom. The zero-order valence-electron chi connectivity index (χ0n) is 12.0. The molecular weight excluding hydrogens is 296 g/mol. The molecule has 0 spiro atoms. The number of aromatic nitrogens is 3. The summed E-state index contributed by atoms with van der Waals surface area (Å²) in [6, 6.07) is 12.1. The van der Waals surface area contributed by atoms with Crippen molar-refractivity contribution in [2.75, 3.05) is 0 Å². The largest absolute Gasteiger partial charge is 0.210 e. The molecule has 4 rings (SSSR count). The highest BCUT2D eigenvalue weighted by atomic mass is 35.5. The van der Waals surface area contributed by atoms with E-state index >= 15 is 0 Å². The van der Waals surface area contributed by atoms with Gasteiger partial charge in [0, 0.05) is 11.5 Å². The van der Waals surface area contributed by atoms with Gasteiger partial charge in [0.05, 0.1) is 0 Å². The molecule has 1 saturated carbocycles. The molecule has 5 heteroatoms. The molecule has 0 aliphatic heterocycles. The SMILES string of the molecule is Cc1c(-c2ccccc2)c(Cl)n2nc(C3CC3)nc2c1C#N. The zero-order chi connectivity index (χ0) is 15.3. The Morgan fingerprint density at radius 3 is 2.64 bits per heavy atom. The van der Waals surface area contributed by atoms with E-state index in [4.69, 9.17) is 11.6 Å². The van der Waals surface area contributed by atoms with E-state index in [1.807, 2.05) is 37.3 Å². The van der Waals surface area contributed by atoms with E-state index in [2.05, 4.69) is 16.2 Å². The lowest BCUT2D eigenvalue weighted by Crippen LogP contribution is -2.00. The summed E-state index contributed by atoms with van der Waals surface area (Å²) in [5, 5.41) is 14.6. The van der Waals surface area contributed by atoms with E-state index in [0.717, 1.165) is 35.4 Å². The molecule has 2 heterocycles. The Labute approximate surface area is 133 Å². The second-order valence-corrected chi connectivity index (χ2v) is 5.98. The summed E-state index contributed by atoms with van der Waals surface area (Å²) in [5.41, 5.74) is 3.78. The van der Waals surface area contributed by atoms with E-state index in [-0.39, 0.29) is 0 Å². The van der Waals surface area contributed by atoms with Gasteiger partial charge in [-0.3, -0.25) is 0 Å². The van der Waals surface area contributed by atoms with Crippen LogP contribution in [0.3, 0.4) is 0 Å². The first-order valence-corrected chi connectivity index (χ1v) is 7.62. The van der Waals surface area contributed by atoms with Gasteiger partial charge in [-0.1, -0.05) is 41.9 Å². The fourth-order valence-corrected chi connectivity index (χ4v) is 3.14. The topological polar surface area (TPSA) is 54.0 Å². The van der Waals surface area contributed by atoms with Gasteiger partial charge in [0.2, 0.25) is 0 Å². The summed E-state index contributed by atoms with van der Waals surface area (Å²) in [6.45, 7) is 1.91. The molecule has 1 aliphatic rings. The molecule has 22 heavy (non-hydrogen) atoms. The van der Waals surface area contributed by atoms with Crippen LogP contribution < -0.4 is 0 Å². The standard InChI is InChI=1S/C17H13ClN4/c1-10-13(9-19)17-20-16(12-7-8-12)21-22(17)15(18)14(10)11-5-3-2-4-6-11/h2-6,12H,7-8H2,1H3. The summed E-state index contributed by atoms with van der Waals surface area (Å²) in [7, 11) is 0. The van der Waals surface area contributed by atoms with Crippen LogP contribution in [0.15, 0.2) is 30.3 Å². The third-order valence-corrected chi connectivity index (χ3v) is 4.46. The lowest BCUT2D eigenvalue weighted by Gasteiger charge is -2.11. The maximum absolute atomic E-state index is 9.57. The number of nitrogens with zero attached hydrogens (tertiary/aromatic N) is 4. The lowest BCUT2D eigenvalue weighted by molar-refractivity contribution is 0.878. The van der Waals surface area contributed by atoms with Crippen molar-refractivity contribution in [2.45, 2.75) is 25.7 Å². The average Bonchev–Trinajstić information content (AvgIpc) is 3.29. The van der Waals surface area contributed by atoms with Crippen LogP contribution in [0.4, 0.5) is 0 Å². The highest BCUT2D eigenvalue weighted by Gasteiger charge is 2.30. The summed E-state index contributed by atoms with van der Waals surface area (Å²) < 4.78 is 1.61. The number of hydrogen-bond acceptors (Lipinski definition) is 3. The molecule has 2 aromatic heterocycles.